The lowest BCUT2D eigenvalue weighted by atomic mass is 10.1. The molecule has 1 aliphatic rings. The van der Waals surface area contributed by atoms with Gasteiger partial charge in [-0.2, -0.15) is 0 Å². The molecule has 2 N–H and O–H groups in total. The largest absolute Gasteiger partial charge is 0.381 e. The molecule has 1 fully saturated rings. The molecule has 0 spiro atoms. The molecular formula is C7H14N4O3. The van der Waals surface area contributed by atoms with E-state index in [4.69, 9.17) is 4.74 Å². The van der Waals surface area contributed by atoms with Crippen LogP contribution in [0.2, 0.25) is 0 Å². The molecule has 0 amide bonds. The van der Waals surface area contributed by atoms with Crippen molar-refractivity contribution in [2.24, 2.45) is 10.9 Å². The van der Waals surface area contributed by atoms with Gasteiger partial charge in [0.05, 0.1) is 6.61 Å². The van der Waals surface area contributed by atoms with E-state index in [1.54, 1.807) is 0 Å². The number of nitrogens with one attached hydrogen (secondary N) is 2. The summed E-state index contributed by atoms with van der Waals surface area (Å²) in [6.07, 6.45) is 0.989. The maximum absolute atomic E-state index is 10.1. The topological polar surface area (TPSA) is 88.8 Å². The summed E-state index contributed by atoms with van der Waals surface area (Å²) >= 11 is 0. The smallest absolute Gasteiger partial charge is 0.253 e. The standard InChI is InChI=1S/C7H14N4O3/c1-8-7(10-11(12)13)9-4-6-2-3-14-5-6/h6H,2-5H2,1H3,(H2,8,9,10)/t6-/m1/s1. The summed E-state index contributed by atoms with van der Waals surface area (Å²) in [5.74, 6) is 0.599. The maximum atomic E-state index is 10.1. The summed E-state index contributed by atoms with van der Waals surface area (Å²) in [6, 6.07) is 0. The first-order chi connectivity index (χ1) is 6.72. The summed E-state index contributed by atoms with van der Waals surface area (Å²) < 4.78 is 5.17. The van der Waals surface area contributed by atoms with Gasteiger partial charge in [-0.25, -0.2) is 10.1 Å². The summed E-state index contributed by atoms with van der Waals surface area (Å²) in [6.45, 7) is 2.13. The van der Waals surface area contributed by atoms with Crippen molar-refractivity contribution in [1.82, 2.24) is 10.7 Å². The number of nitro groups is 1. The highest BCUT2D eigenvalue weighted by Gasteiger charge is 2.16. The van der Waals surface area contributed by atoms with E-state index in [0.717, 1.165) is 13.0 Å². The van der Waals surface area contributed by atoms with Crippen molar-refractivity contribution >= 4 is 5.96 Å². The van der Waals surface area contributed by atoms with Crippen molar-refractivity contribution in [2.75, 3.05) is 26.8 Å². The molecule has 0 aromatic rings. The molecule has 1 atom stereocenters. The Balaban J connectivity index is 2.23. The number of nitrogens with zero attached hydrogens (tertiary/aromatic N) is 2. The molecule has 0 saturated carbocycles. The van der Waals surface area contributed by atoms with Gasteiger partial charge in [0.15, 0.2) is 5.03 Å². The predicted octanol–water partition coefficient (Wildman–Crippen LogP) is -0.620. The lowest BCUT2D eigenvalue weighted by Crippen LogP contribution is -2.42. The van der Waals surface area contributed by atoms with Crippen LogP contribution < -0.4 is 10.7 Å². The van der Waals surface area contributed by atoms with Crippen LogP contribution in [0.15, 0.2) is 4.99 Å². The van der Waals surface area contributed by atoms with Gasteiger partial charge in [-0.05, 0) is 6.42 Å². The monoisotopic (exact) mass is 202 g/mol. The summed E-state index contributed by atoms with van der Waals surface area (Å²) in [7, 11) is 1.49. The molecule has 1 rings (SSSR count). The Labute approximate surface area is 81.7 Å². The molecule has 1 aliphatic heterocycles. The molecule has 7 heteroatoms. The summed E-state index contributed by atoms with van der Waals surface area (Å²) in [4.78, 5) is 13.8. The van der Waals surface area contributed by atoms with E-state index in [0.29, 0.717) is 19.1 Å². The summed E-state index contributed by atoms with van der Waals surface area (Å²) in [5.41, 5.74) is 1.97. The minimum atomic E-state index is -0.638. The van der Waals surface area contributed by atoms with Crippen LogP contribution in [0, 0.1) is 16.0 Å². The van der Waals surface area contributed by atoms with Crippen LogP contribution in [-0.4, -0.2) is 37.8 Å². The predicted molar refractivity (Wildman–Crippen MR) is 50.4 cm³/mol. The Morgan fingerprint density at radius 2 is 2.57 bits per heavy atom. The van der Waals surface area contributed by atoms with Gasteiger partial charge < -0.3 is 10.1 Å². The van der Waals surface area contributed by atoms with Crippen LogP contribution in [0.3, 0.4) is 0 Å². The fourth-order valence-electron chi connectivity index (χ4n) is 1.24. The van der Waals surface area contributed by atoms with Gasteiger partial charge in [-0.1, -0.05) is 5.43 Å². The zero-order valence-electron chi connectivity index (χ0n) is 8.02. The zero-order chi connectivity index (χ0) is 10.4. The molecule has 0 aromatic heterocycles. The third-order valence-corrected chi connectivity index (χ3v) is 2.00. The van der Waals surface area contributed by atoms with Crippen LogP contribution in [0.1, 0.15) is 6.42 Å². The molecule has 1 heterocycles. The van der Waals surface area contributed by atoms with Gasteiger partial charge in [0.2, 0.25) is 0 Å². The molecule has 0 bridgehead atoms. The highest BCUT2D eigenvalue weighted by molar-refractivity contribution is 5.78. The van der Waals surface area contributed by atoms with E-state index < -0.39 is 5.03 Å². The van der Waals surface area contributed by atoms with E-state index in [-0.39, 0.29) is 5.96 Å². The number of aliphatic imine (C=N–C) groups is 1. The van der Waals surface area contributed by atoms with E-state index in [1.165, 1.54) is 7.05 Å². The van der Waals surface area contributed by atoms with Crippen LogP contribution in [0.25, 0.3) is 0 Å². The summed E-state index contributed by atoms with van der Waals surface area (Å²) in [5, 5.41) is 12.3. The van der Waals surface area contributed by atoms with E-state index in [1.807, 2.05) is 5.43 Å². The molecule has 0 unspecified atom stereocenters. The number of hydrogen-bond donors (Lipinski definition) is 2. The van der Waals surface area contributed by atoms with Gasteiger partial charge in [0, 0.05) is 26.1 Å². The van der Waals surface area contributed by atoms with Gasteiger partial charge >= 0.3 is 0 Å². The van der Waals surface area contributed by atoms with Crippen molar-refractivity contribution in [3.05, 3.63) is 10.1 Å². The minimum absolute atomic E-state index is 0.182. The van der Waals surface area contributed by atoms with Gasteiger partial charge in [0.1, 0.15) is 0 Å². The lowest BCUT2D eigenvalue weighted by molar-refractivity contribution is -0.525. The highest BCUT2D eigenvalue weighted by Crippen LogP contribution is 2.10. The normalized spacial score (nSPS) is 22.1. The first-order valence-corrected chi connectivity index (χ1v) is 4.42. The van der Waals surface area contributed by atoms with E-state index in [2.05, 4.69) is 10.3 Å². The Hall–Kier alpha value is -1.37. The van der Waals surface area contributed by atoms with Gasteiger partial charge in [-0.3, -0.25) is 4.99 Å². The quantitative estimate of drug-likeness (QED) is 0.275. The lowest BCUT2D eigenvalue weighted by Gasteiger charge is -2.09. The molecule has 1 saturated heterocycles. The number of rotatable bonds is 3. The highest BCUT2D eigenvalue weighted by atomic mass is 16.7. The number of hydrazine groups is 1. The van der Waals surface area contributed by atoms with E-state index in [9.17, 15) is 10.1 Å². The van der Waals surface area contributed by atoms with Crippen LogP contribution >= 0.6 is 0 Å². The minimum Gasteiger partial charge on any atom is -0.381 e. The van der Waals surface area contributed by atoms with Gasteiger partial charge in [-0.15, -0.1) is 0 Å². The molecule has 0 radical (unpaired) electrons. The third kappa shape index (κ3) is 3.56. The molecule has 80 valence electrons. The Morgan fingerprint density at radius 3 is 3.07 bits per heavy atom. The van der Waals surface area contributed by atoms with Crippen molar-refractivity contribution in [3.8, 4) is 0 Å². The second-order valence-corrected chi connectivity index (χ2v) is 3.05. The van der Waals surface area contributed by atoms with Crippen molar-refractivity contribution in [3.63, 3.8) is 0 Å². The Bertz CT molecular complexity index is 225. The fraction of sp³-hybridized carbons (Fsp3) is 0.857. The second kappa shape index (κ2) is 5.38. The average Bonchev–Trinajstić information content (AvgIpc) is 2.64. The SMILES string of the molecule is CN=C(NC[C@H]1CCOC1)N[N+](=O)[O-]. The first-order valence-electron chi connectivity index (χ1n) is 4.42. The van der Waals surface area contributed by atoms with Crippen molar-refractivity contribution < 1.29 is 9.77 Å². The molecule has 0 aliphatic carbocycles. The maximum Gasteiger partial charge on any atom is 0.253 e. The third-order valence-electron chi connectivity index (χ3n) is 2.00. The van der Waals surface area contributed by atoms with Crippen LogP contribution in [-0.2, 0) is 4.74 Å². The van der Waals surface area contributed by atoms with Gasteiger partial charge in [0.25, 0.3) is 5.96 Å². The molecule has 14 heavy (non-hydrogen) atoms. The van der Waals surface area contributed by atoms with Crippen LogP contribution in [0.5, 0.6) is 0 Å². The molecule has 7 nitrogen and oxygen atoms in total. The van der Waals surface area contributed by atoms with E-state index >= 15 is 0 Å². The average molecular weight is 202 g/mol. The van der Waals surface area contributed by atoms with Crippen molar-refractivity contribution in [2.45, 2.75) is 6.42 Å². The van der Waals surface area contributed by atoms with Crippen molar-refractivity contribution in [1.29, 1.82) is 0 Å². The number of guanidine groups is 1. The number of hydrogen-bond acceptors (Lipinski definition) is 4. The second-order valence-electron chi connectivity index (χ2n) is 3.05. The fourth-order valence-corrected chi connectivity index (χ4v) is 1.24. The Kier molecular flexibility index (Phi) is 4.11. The van der Waals surface area contributed by atoms with Crippen LogP contribution in [0.4, 0.5) is 0 Å². The number of ether oxygens (including phenoxy) is 1. The Morgan fingerprint density at radius 1 is 1.79 bits per heavy atom. The first kappa shape index (κ1) is 10.7. The molecular weight excluding hydrogens is 188 g/mol. The molecule has 0 aromatic carbocycles. The zero-order valence-corrected chi connectivity index (χ0v) is 8.02.